The highest BCUT2D eigenvalue weighted by Crippen LogP contribution is 2.27. The van der Waals surface area contributed by atoms with Crippen LogP contribution in [0.25, 0.3) is 0 Å². The molecule has 0 bridgehead atoms. The van der Waals surface area contributed by atoms with Crippen LogP contribution in [0.3, 0.4) is 0 Å². The molecule has 3 aromatic rings. The number of anilines is 1. The molecule has 172 valence electrons. The number of sulfonamides is 1. The molecule has 0 saturated carbocycles. The van der Waals surface area contributed by atoms with Crippen LogP contribution in [-0.2, 0) is 16.6 Å². The third-order valence-electron chi connectivity index (χ3n) is 4.90. The molecule has 33 heavy (non-hydrogen) atoms. The van der Waals surface area contributed by atoms with Gasteiger partial charge in [0.2, 0.25) is 0 Å². The fourth-order valence-corrected chi connectivity index (χ4v) is 4.46. The second-order valence-electron chi connectivity index (χ2n) is 6.88. The first kappa shape index (κ1) is 24.0. The minimum atomic E-state index is -4.00. The molecule has 0 aliphatic heterocycles. The Morgan fingerprint density at radius 3 is 2.42 bits per heavy atom. The van der Waals surface area contributed by atoms with Crippen molar-refractivity contribution in [2.75, 3.05) is 18.5 Å². The van der Waals surface area contributed by atoms with Gasteiger partial charge in [-0.2, -0.15) is 0 Å². The third-order valence-corrected chi connectivity index (χ3v) is 7.02. The van der Waals surface area contributed by atoms with Crippen LogP contribution in [0.5, 0.6) is 5.75 Å². The molecule has 0 aliphatic carbocycles. The van der Waals surface area contributed by atoms with Crippen molar-refractivity contribution in [3.05, 3.63) is 93.0 Å². The van der Waals surface area contributed by atoms with Gasteiger partial charge in [0.1, 0.15) is 5.75 Å². The zero-order valence-corrected chi connectivity index (χ0v) is 19.3. The van der Waals surface area contributed by atoms with Crippen LogP contribution in [0.4, 0.5) is 11.4 Å². The van der Waals surface area contributed by atoms with E-state index in [0.29, 0.717) is 17.0 Å². The zero-order chi connectivity index (χ0) is 24.2. The number of hydrogen-bond donors (Lipinski definition) is 1. The monoisotopic (exact) mass is 489 g/mol. The Morgan fingerprint density at radius 2 is 1.79 bits per heavy atom. The second kappa shape index (κ2) is 9.88. The lowest BCUT2D eigenvalue weighted by Gasteiger charge is -2.20. The van der Waals surface area contributed by atoms with E-state index < -0.39 is 20.9 Å². The van der Waals surface area contributed by atoms with Gasteiger partial charge >= 0.3 is 0 Å². The Bertz CT molecular complexity index is 1300. The molecule has 11 heteroatoms. The maximum Gasteiger partial charge on any atom is 0.274 e. The van der Waals surface area contributed by atoms with Crippen molar-refractivity contribution < 1.29 is 22.9 Å². The van der Waals surface area contributed by atoms with E-state index in [1.54, 1.807) is 30.3 Å². The summed E-state index contributed by atoms with van der Waals surface area (Å²) >= 11 is 6.14. The molecule has 0 aromatic heterocycles. The Kier molecular flexibility index (Phi) is 7.19. The Balaban J connectivity index is 1.85. The number of para-hydroxylation sites is 1. The number of hydrogen-bond acceptors (Lipinski definition) is 6. The molecule has 1 amide bonds. The summed E-state index contributed by atoms with van der Waals surface area (Å²) < 4.78 is 32.4. The number of ether oxygens (including phenoxy) is 1. The molecule has 1 N–H and O–H groups in total. The van der Waals surface area contributed by atoms with E-state index >= 15 is 0 Å². The van der Waals surface area contributed by atoms with Crippen LogP contribution in [0.1, 0.15) is 15.9 Å². The molecule has 0 fully saturated rings. The molecule has 0 atom stereocenters. The van der Waals surface area contributed by atoms with E-state index in [9.17, 15) is 23.3 Å². The van der Waals surface area contributed by atoms with Gasteiger partial charge in [0.05, 0.1) is 33.2 Å². The number of nitrogens with one attached hydrogen (secondary N) is 1. The standard InChI is InChI=1S/C22H20ClN3O6S/c1-25(16-7-9-17(32-2)10-8-16)33(30,31)18-11-12-20(23)19(13-18)22(27)24-14-15-5-3-4-6-21(15)26(28)29/h3-13H,14H2,1-2H3,(H,24,27). The minimum absolute atomic E-state index is 0.0427. The number of methoxy groups -OCH3 is 1. The number of nitro benzene ring substituents is 1. The van der Waals surface area contributed by atoms with Gasteiger partial charge in [0.15, 0.2) is 0 Å². The molecule has 9 nitrogen and oxygen atoms in total. The van der Waals surface area contributed by atoms with Crippen LogP contribution in [0, 0.1) is 10.1 Å². The summed E-state index contributed by atoms with van der Waals surface area (Å²) in [6, 6.07) is 16.2. The van der Waals surface area contributed by atoms with Gasteiger partial charge in [0, 0.05) is 25.2 Å². The highest BCUT2D eigenvalue weighted by Gasteiger charge is 2.24. The maximum atomic E-state index is 13.1. The molecular formula is C22H20ClN3O6S. The van der Waals surface area contributed by atoms with Gasteiger partial charge in [0.25, 0.3) is 21.6 Å². The highest BCUT2D eigenvalue weighted by atomic mass is 35.5. The van der Waals surface area contributed by atoms with Crippen molar-refractivity contribution in [3.8, 4) is 5.75 Å². The normalized spacial score (nSPS) is 11.0. The van der Waals surface area contributed by atoms with Gasteiger partial charge < -0.3 is 10.1 Å². The number of halogens is 1. The van der Waals surface area contributed by atoms with Gasteiger partial charge in [-0.15, -0.1) is 0 Å². The molecule has 0 radical (unpaired) electrons. The first-order valence-electron chi connectivity index (χ1n) is 9.58. The number of nitro groups is 1. The molecule has 0 heterocycles. The summed E-state index contributed by atoms with van der Waals surface area (Å²) in [4.78, 5) is 23.2. The van der Waals surface area contributed by atoms with Crippen molar-refractivity contribution in [2.45, 2.75) is 11.4 Å². The van der Waals surface area contributed by atoms with Crippen LogP contribution in [0.2, 0.25) is 5.02 Å². The lowest BCUT2D eigenvalue weighted by atomic mass is 10.1. The quantitative estimate of drug-likeness (QED) is 0.377. The van der Waals surface area contributed by atoms with E-state index in [2.05, 4.69) is 5.32 Å². The SMILES string of the molecule is COc1ccc(N(C)S(=O)(=O)c2ccc(Cl)c(C(=O)NCc3ccccc3[N+](=O)[O-])c2)cc1. The molecule has 3 aromatic carbocycles. The number of amides is 1. The number of benzene rings is 3. The Hall–Kier alpha value is -3.63. The van der Waals surface area contributed by atoms with Gasteiger partial charge in [-0.3, -0.25) is 19.2 Å². The van der Waals surface area contributed by atoms with Crippen molar-refractivity contribution in [3.63, 3.8) is 0 Å². The minimum Gasteiger partial charge on any atom is -0.497 e. The van der Waals surface area contributed by atoms with E-state index in [1.165, 1.54) is 50.6 Å². The largest absolute Gasteiger partial charge is 0.497 e. The third kappa shape index (κ3) is 5.24. The smallest absolute Gasteiger partial charge is 0.274 e. The zero-order valence-electron chi connectivity index (χ0n) is 17.7. The highest BCUT2D eigenvalue weighted by molar-refractivity contribution is 7.92. The molecule has 3 rings (SSSR count). The Morgan fingerprint density at radius 1 is 1.12 bits per heavy atom. The first-order valence-corrected chi connectivity index (χ1v) is 11.4. The number of carbonyl (C=O) groups is 1. The van der Waals surface area contributed by atoms with E-state index in [0.717, 1.165) is 4.31 Å². The first-order chi connectivity index (χ1) is 15.6. The summed E-state index contributed by atoms with van der Waals surface area (Å²) in [7, 11) is -1.11. The molecular weight excluding hydrogens is 470 g/mol. The predicted molar refractivity (Wildman–Crippen MR) is 124 cm³/mol. The number of nitrogens with zero attached hydrogens (tertiary/aromatic N) is 2. The lowest BCUT2D eigenvalue weighted by Crippen LogP contribution is -2.27. The van der Waals surface area contributed by atoms with Crippen LogP contribution in [0.15, 0.2) is 71.6 Å². The number of carbonyl (C=O) groups excluding carboxylic acids is 1. The molecule has 0 aliphatic rings. The molecule has 0 spiro atoms. The summed E-state index contributed by atoms with van der Waals surface area (Å²) in [5, 5.41) is 13.8. The van der Waals surface area contributed by atoms with Crippen LogP contribution in [-0.4, -0.2) is 33.4 Å². The van der Waals surface area contributed by atoms with Crippen molar-refractivity contribution in [2.24, 2.45) is 0 Å². The summed E-state index contributed by atoms with van der Waals surface area (Å²) in [6.07, 6.45) is 0. The van der Waals surface area contributed by atoms with E-state index in [1.807, 2.05) is 0 Å². The summed E-state index contributed by atoms with van der Waals surface area (Å²) in [5.74, 6) is -0.0871. The Labute approximate surface area is 195 Å². The fraction of sp³-hybridized carbons (Fsp3) is 0.136. The van der Waals surface area contributed by atoms with Crippen molar-refractivity contribution in [1.29, 1.82) is 0 Å². The van der Waals surface area contributed by atoms with Gasteiger partial charge in [-0.05, 0) is 42.5 Å². The summed E-state index contributed by atoms with van der Waals surface area (Å²) in [6.45, 7) is -0.130. The van der Waals surface area contributed by atoms with E-state index in [-0.39, 0.29) is 27.7 Å². The van der Waals surface area contributed by atoms with Gasteiger partial charge in [-0.25, -0.2) is 8.42 Å². The number of rotatable bonds is 8. The van der Waals surface area contributed by atoms with Crippen molar-refractivity contribution in [1.82, 2.24) is 5.32 Å². The van der Waals surface area contributed by atoms with Crippen molar-refractivity contribution >= 4 is 38.9 Å². The predicted octanol–water partition coefficient (Wildman–Crippen LogP) is 4.01. The van der Waals surface area contributed by atoms with Gasteiger partial charge in [-0.1, -0.05) is 29.8 Å². The maximum absolute atomic E-state index is 13.1. The summed E-state index contributed by atoms with van der Waals surface area (Å²) in [5.41, 5.74) is 0.490. The molecule has 0 unspecified atom stereocenters. The second-order valence-corrected chi connectivity index (χ2v) is 9.26. The average molecular weight is 490 g/mol. The molecule has 0 saturated heterocycles. The average Bonchev–Trinajstić information content (AvgIpc) is 2.82. The lowest BCUT2D eigenvalue weighted by molar-refractivity contribution is -0.385. The van der Waals surface area contributed by atoms with Crippen LogP contribution < -0.4 is 14.4 Å². The van der Waals surface area contributed by atoms with E-state index in [4.69, 9.17) is 16.3 Å². The topological polar surface area (TPSA) is 119 Å². The fourth-order valence-electron chi connectivity index (χ4n) is 3.04. The van der Waals surface area contributed by atoms with Crippen LogP contribution >= 0.6 is 11.6 Å².